The minimum Gasteiger partial charge on any atom is -0.444 e. The number of nitrogens with zero attached hydrogens (tertiary/aromatic N) is 1. The number of hydrogen-bond donors (Lipinski definition) is 1. The molecule has 2 heterocycles. The van der Waals surface area contributed by atoms with Crippen LogP contribution in [0.2, 0.25) is 0 Å². The average Bonchev–Trinajstić information content (AvgIpc) is 2.93. The SMILES string of the molecule is CC1CCN(C(CNC(=O)OC(C)(C)C)c2cccs2)CC1. The molecule has 1 aliphatic rings. The first-order valence-corrected chi connectivity index (χ1v) is 8.97. The zero-order chi connectivity index (χ0) is 16.2. The molecule has 0 saturated carbocycles. The summed E-state index contributed by atoms with van der Waals surface area (Å²) in [6, 6.07) is 4.48. The molecule has 1 aromatic heterocycles. The predicted octanol–water partition coefficient (Wildman–Crippen LogP) is 4.05. The van der Waals surface area contributed by atoms with Gasteiger partial charge >= 0.3 is 6.09 Å². The van der Waals surface area contributed by atoms with Crippen LogP contribution < -0.4 is 5.32 Å². The lowest BCUT2D eigenvalue weighted by molar-refractivity contribution is 0.0497. The number of carbonyl (C=O) groups is 1. The summed E-state index contributed by atoms with van der Waals surface area (Å²) in [7, 11) is 0. The van der Waals surface area contributed by atoms with Gasteiger partial charge in [-0.05, 0) is 64.1 Å². The standard InChI is InChI=1S/C17H28N2O2S/c1-13-7-9-19(10-8-13)14(15-6-5-11-22-15)12-18-16(20)21-17(2,3)4/h5-6,11,13-14H,7-10,12H2,1-4H3,(H,18,20). The second-order valence-electron chi connectivity index (χ2n) is 7.13. The van der Waals surface area contributed by atoms with E-state index in [9.17, 15) is 4.79 Å². The number of likely N-dealkylation sites (tertiary alicyclic amines) is 1. The highest BCUT2D eigenvalue weighted by Crippen LogP contribution is 2.29. The lowest BCUT2D eigenvalue weighted by Gasteiger charge is -2.36. The van der Waals surface area contributed by atoms with Gasteiger partial charge in [-0.15, -0.1) is 11.3 Å². The zero-order valence-corrected chi connectivity index (χ0v) is 14.9. The van der Waals surface area contributed by atoms with Crippen molar-refractivity contribution in [2.45, 2.75) is 52.2 Å². The second kappa shape index (κ2) is 7.47. The van der Waals surface area contributed by atoms with Crippen LogP contribution >= 0.6 is 11.3 Å². The summed E-state index contributed by atoms with van der Waals surface area (Å²) in [5.41, 5.74) is -0.455. The Morgan fingerprint density at radius 2 is 2.14 bits per heavy atom. The molecule has 2 rings (SSSR count). The van der Waals surface area contributed by atoms with E-state index < -0.39 is 5.60 Å². The highest BCUT2D eigenvalue weighted by atomic mass is 32.1. The number of rotatable bonds is 4. The maximum absolute atomic E-state index is 11.9. The molecule has 5 heteroatoms. The summed E-state index contributed by atoms with van der Waals surface area (Å²) in [4.78, 5) is 15.7. The summed E-state index contributed by atoms with van der Waals surface area (Å²) >= 11 is 1.76. The van der Waals surface area contributed by atoms with Crippen LogP contribution in [0.1, 0.15) is 51.5 Å². The van der Waals surface area contributed by atoms with E-state index in [0.717, 1.165) is 19.0 Å². The molecule has 1 amide bonds. The molecule has 0 aliphatic carbocycles. The maximum Gasteiger partial charge on any atom is 0.407 e. The number of hydrogen-bond acceptors (Lipinski definition) is 4. The molecule has 1 aromatic rings. The Morgan fingerprint density at radius 3 is 2.68 bits per heavy atom. The van der Waals surface area contributed by atoms with Crippen molar-refractivity contribution in [2.24, 2.45) is 5.92 Å². The molecule has 1 fully saturated rings. The minimum atomic E-state index is -0.455. The molecule has 1 aliphatic heterocycles. The lowest BCUT2D eigenvalue weighted by Crippen LogP contribution is -2.42. The van der Waals surface area contributed by atoms with Crippen LogP contribution in [-0.2, 0) is 4.74 Å². The first kappa shape index (κ1) is 17.3. The number of carbonyl (C=O) groups excluding carboxylic acids is 1. The number of alkyl carbamates (subject to hydrolysis) is 1. The number of nitrogens with one attached hydrogen (secondary N) is 1. The topological polar surface area (TPSA) is 41.6 Å². The van der Waals surface area contributed by atoms with Crippen molar-refractivity contribution in [3.05, 3.63) is 22.4 Å². The number of amides is 1. The fraction of sp³-hybridized carbons (Fsp3) is 0.706. The highest BCUT2D eigenvalue weighted by molar-refractivity contribution is 7.10. The van der Waals surface area contributed by atoms with Gasteiger partial charge in [-0.2, -0.15) is 0 Å². The van der Waals surface area contributed by atoms with Crippen LogP contribution in [0.5, 0.6) is 0 Å². The Balaban J connectivity index is 1.96. The van der Waals surface area contributed by atoms with E-state index in [1.807, 2.05) is 20.8 Å². The highest BCUT2D eigenvalue weighted by Gasteiger charge is 2.26. The molecule has 0 bridgehead atoms. The van der Waals surface area contributed by atoms with Crippen LogP contribution in [0.25, 0.3) is 0 Å². The average molecular weight is 324 g/mol. The molecule has 1 saturated heterocycles. The van der Waals surface area contributed by atoms with Gasteiger partial charge in [-0.3, -0.25) is 4.90 Å². The van der Waals surface area contributed by atoms with Crippen molar-refractivity contribution in [1.82, 2.24) is 10.2 Å². The molecular weight excluding hydrogens is 296 g/mol. The molecule has 124 valence electrons. The van der Waals surface area contributed by atoms with Gasteiger partial charge in [0.2, 0.25) is 0 Å². The third-order valence-electron chi connectivity index (χ3n) is 3.97. The lowest BCUT2D eigenvalue weighted by atomic mass is 9.97. The summed E-state index contributed by atoms with van der Waals surface area (Å²) in [5.74, 6) is 0.805. The Hall–Kier alpha value is -1.07. The van der Waals surface area contributed by atoms with Crippen molar-refractivity contribution in [1.29, 1.82) is 0 Å². The van der Waals surface area contributed by atoms with Crippen molar-refractivity contribution < 1.29 is 9.53 Å². The normalized spacial score (nSPS) is 18.9. The molecule has 1 atom stereocenters. The summed E-state index contributed by atoms with van der Waals surface area (Å²) in [6.45, 7) is 10.8. The van der Waals surface area contributed by atoms with Gasteiger partial charge in [0, 0.05) is 11.4 Å². The first-order valence-electron chi connectivity index (χ1n) is 8.09. The van der Waals surface area contributed by atoms with Crippen molar-refractivity contribution in [2.75, 3.05) is 19.6 Å². The monoisotopic (exact) mass is 324 g/mol. The number of thiophene rings is 1. The molecule has 0 aromatic carbocycles. The Labute approximate surface area is 137 Å². The molecule has 4 nitrogen and oxygen atoms in total. The van der Waals surface area contributed by atoms with E-state index in [1.54, 1.807) is 11.3 Å². The van der Waals surface area contributed by atoms with Crippen LogP contribution in [-0.4, -0.2) is 36.2 Å². The fourth-order valence-corrected chi connectivity index (χ4v) is 3.59. The van der Waals surface area contributed by atoms with Gasteiger partial charge < -0.3 is 10.1 Å². The first-order chi connectivity index (χ1) is 10.3. The molecule has 22 heavy (non-hydrogen) atoms. The predicted molar refractivity (Wildman–Crippen MR) is 91.3 cm³/mol. The van der Waals surface area contributed by atoms with Crippen LogP contribution in [0.3, 0.4) is 0 Å². The van der Waals surface area contributed by atoms with E-state index in [1.165, 1.54) is 17.7 Å². The quantitative estimate of drug-likeness (QED) is 0.908. The fourth-order valence-electron chi connectivity index (χ4n) is 2.72. The largest absolute Gasteiger partial charge is 0.444 e. The Morgan fingerprint density at radius 1 is 1.45 bits per heavy atom. The van der Waals surface area contributed by atoms with Crippen LogP contribution in [0, 0.1) is 5.92 Å². The second-order valence-corrected chi connectivity index (χ2v) is 8.11. The van der Waals surface area contributed by atoms with Crippen LogP contribution in [0.4, 0.5) is 4.79 Å². The van der Waals surface area contributed by atoms with Crippen molar-refractivity contribution >= 4 is 17.4 Å². The van der Waals surface area contributed by atoms with E-state index in [4.69, 9.17) is 4.74 Å². The molecule has 1 N–H and O–H groups in total. The van der Waals surface area contributed by atoms with Gasteiger partial charge in [0.15, 0.2) is 0 Å². The van der Waals surface area contributed by atoms with E-state index in [-0.39, 0.29) is 12.1 Å². The van der Waals surface area contributed by atoms with Crippen molar-refractivity contribution in [3.8, 4) is 0 Å². The van der Waals surface area contributed by atoms with Gasteiger partial charge in [-0.1, -0.05) is 13.0 Å². The van der Waals surface area contributed by atoms with Gasteiger partial charge in [0.1, 0.15) is 5.60 Å². The van der Waals surface area contributed by atoms with E-state index in [0.29, 0.717) is 6.54 Å². The summed E-state index contributed by atoms with van der Waals surface area (Å²) < 4.78 is 5.34. The van der Waals surface area contributed by atoms with Gasteiger partial charge in [0.05, 0.1) is 6.04 Å². The Bertz CT molecular complexity index is 460. The van der Waals surface area contributed by atoms with E-state index >= 15 is 0 Å². The molecule has 0 spiro atoms. The molecule has 1 unspecified atom stereocenters. The summed E-state index contributed by atoms with van der Waals surface area (Å²) in [5, 5.41) is 5.04. The minimum absolute atomic E-state index is 0.250. The van der Waals surface area contributed by atoms with Crippen LogP contribution in [0.15, 0.2) is 17.5 Å². The van der Waals surface area contributed by atoms with Gasteiger partial charge in [-0.25, -0.2) is 4.79 Å². The number of ether oxygens (including phenoxy) is 1. The zero-order valence-electron chi connectivity index (χ0n) is 14.1. The smallest absolute Gasteiger partial charge is 0.407 e. The van der Waals surface area contributed by atoms with E-state index in [2.05, 4.69) is 34.7 Å². The third-order valence-corrected chi connectivity index (χ3v) is 4.94. The third kappa shape index (κ3) is 5.29. The Kier molecular flexibility index (Phi) is 5.87. The molecular formula is C17H28N2O2S. The maximum atomic E-state index is 11.9. The number of piperidine rings is 1. The molecule has 0 radical (unpaired) electrons. The summed E-state index contributed by atoms with van der Waals surface area (Å²) in [6.07, 6.45) is 2.13. The van der Waals surface area contributed by atoms with Gasteiger partial charge in [0.25, 0.3) is 0 Å². The van der Waals surface area contributed by atoms with Crippen molar-refractivity contribution in [3.63, 3.8) is 0 Å².